The van der Waals surface area contributed by atoms with Crippen LogP contribution in [0.3, 0.4) is 0 Å². The maximum atomic E-state index is 9.13. The van der Waals surface area contributed by atoms with Gasteiger partial charge in [-0.2, -0.15) is 0 Å². The van der Waals surface area contributed by atoms with Crippen LogP contribution in [0.4, 0.5) is 0 Å². The monoisotopic (exact) mass is 176 g/mol. The van der Waals surface area contributed by atoms with E-state index in [2.05, 4.69) is 6.58 Å². The van der Waals surface area contributed by atoms with Gasteiger partial charge in [-0.25, -0.2) is 0 Å². The summed E-state index contributed by atoms with van der Waals surface area (Å²) in [6.45, 7) is 3.48. The number of thiophene rings is 1. The zero-order chi connectivity index (χ0) is 8.55. The van der Waals surface area contributed by atoms with Gasteiger partial charge in [0.15, 0.2) is 0 Å². The van der Waals surface area contributed by atoms with E-state index in [-0.39, 0.29) is 5.76 Å². The van der Waals surface area contributed by atoms with Crippen LogP contribution in [-0.2, 0) is 0 Å². The first kappa shape index (κ1) is 7.37. The molecule has 0 aliphatic carbocycles. The number of hydrogen-bond donors (Lipinski definition) is 1. The summed E-state index contributed by atoms with van der Waals surface area (Å²) in [6.07, 6.45) is 0. The fourth-order valence-corrected chi connectivity index (χ4v) is 1.92. The van der Waals surface area contributed by atoms with Crippen molar-refractivity contribution in [3.8, 4) is 0 Å². The van der Waals surface area contributed by atoms with Crippen LogP contribution < -0.4 is 0 Å². The molecular formula is C10H8OS. The highest BCUT2D eigenvalue weighted by Gasteiger charge is 1.98. The fraction of sp³-hybridized carbons (Fsp3) is 0. The van der Waals surface area contributed by atoms with Gasteiger partial charge in [0.25, 0.3) is 0 Å². The molecule has 2 aromatic rings. The molecule has 0 radical (unpaired) electrons. The lowest BCUT2D eigenvalue weighted by Gasteiger charge is -1.97. The van der Waals surface area contributed by atoms with E-state index in [1.54, 1.807) is 11.3 Å². The van der Waals surface area contributed by atoms with Gasteiger partial charge < -0.3 is 5.11 Å². The third-order valence-corrected chi connectivity index (χ3v) is 2.68. The summed E-state index contributed by atoms with van der Waals surface area (Å²) >= 11 is 1.70. The number of hydrogen-bond acceptors (Lipinski definition) is 2. The highest BCUT2D eigenvalue weighted by molar-refractivity contribution is 7.17. The molecule has 1 N–H and O–H groups in total. The molecule has 0 fully saturated rings. The predicted octanol–water partition coefficient (Wildman–Crippen LogP) is 3.43. The van der Waals surface area contributed by atoms with Crippen molar-refractivity contribution in [2.24, 2.45) is 0 Å². The van der Waals surface area contributed by atoms with Crippen molar-refractivity contribution in [2.45, 2.75) is 0 Å². The Hall–Kier alpha value is -1.28. The van der Waals surface area contributed by atoms with Crippen molar-refractivity contribution in [3.05, 3.63) is 41.8 Å². The lowest BCUT2D eigenvalue weighted by atomic mass is 10.1. The summed E-state index contributed by atoms with van der Waals surface area (Å²) in [7, 11) is 0. The Morgan fingerprint density at radius 2 is 2.17 bits per heavy atom. The van der Waals surface area contributed by atoms with Crippen LogP contribution in [0.15, 0.2) is 36.2 Å². The SMILES string of the molecule is C=C(O)c1ccc2sccc2c1. The maximum Gasteiger partial charge on any atom is 0.115 e. The lowest BCUT2D eigenvalue weighted by Crippen LogP contribution is -1.78. The van der Waals surface area contributed by atoms with Crippen LogP contribution in [0.25, 0.3) is 15.8 Å². The largest absolute Gasteiger partial charge is 0.508 e. The van der Waals surface area contributed by atoms with Gasteiger partial charge in [0.05, 0.1) is 0 Å². The first-order chi connectivity index (χ1) is 5.77. The molecule has 60 valence electrons. The zero-order valence-electron chi connectivity index (χ0n) is 6.45. The minimum absolute atomic E-state index is 0.128. The first-order valence-electron chi connectivity index (χ1n) is 3.63. The molecule has 0 atom stereocenters. The summed E-state index contributed by atoms with van der Waals surface area (Å²) in [5.41, 5.74) is 0.793. The number of benzene rings is 1. The van der Waals surface area contributed by atoms with E-state index in [1.807, 2.05) is 29.6 Å². The number of aliphatic hydroxyl groups is 1. The molecule has 1 aromatic heterocycles. The van der Waals surface area contributed by atoms with Gasteiger partial charge in [-0.05, 0) is 35.0 Å². The summed E-state index contributed by atoms with van der Waals surface area (Å²) in [4.78, 5) is 0. The van der Waals surface area contributed by atoms with E-state index in [0.717, 1.165) is 10.9 Å². The molecule has 0 aliphatic heterocycles. The van der Waals surface area contributed by atoms with Crippen molar-refractivity contribution in [1.29, 1.82) is 0 Å². The van der Waals surface area contributed by atoms with Crippen LogP contribution in [0.1, 0.15) is 5.56 Å². The minimum Gasteiger partial charge on any atom is -0.508 e. The van der Waals surface area contributed by atoms with E-state index in [1.165, 1.54) is 4.70 Å². The molecule has 0 saturated carbocycles. The Kier molecular flexibility index (Phi) is 1.62. The molecule has 0 aliphatic rings. The highest BCUT2D eigenvalue weighted by atomic mass is 32.1. The number of fused-ring (bicyclic) bond motifs is 1. The molecule has 2 rings (SSSR count). The normalized spacial score (nSPS) is 10.3. The quantitative estimate of drug-likeness (QED) is 0.660. The molecule has 0 bridgehead atoms. The Bertz CT molecular complexity index is 428. The van der Waals surface area contributed by atoms with Crippen molar-refractivity contribution >= 4 is 27.2 Å². The Morgan fingerprint density at radius 3 is 2.92 bits per heavy atom. The topological polar surface area (TPSA) is 20.2 Å². The fourth-order valence-electron chi connectivity index (χ4n) is 1.15. The Balaban J connectivity index is 2.68. The predicted molar refractivity (Wildman–Crippen MR) is 53.5 cm³/mol. The van der Waals surface area contributed by atoms with Crippen molar-refractivity contribution in [2.75, 3.05) is 0 Å². The van der Waals surface area contributed by atoms with Gasteiger partial charge in [0.2, 0.25) is 0 Å². The van der Waals surface area contributed by atoms with E-state index in [9.17, 15) is 0 Å². The molecule has 1 heterocycles. The van der Waals surface area contributed by atoms with Gasteiger partial charge in [-0.15, -0.1) is 11.3 Å². The van der Waals surface area contributed by atoms with Gasteiger partial charge in [-0.1, -0.05) is 6.58 Å². The van der Waals surface area contributed by atoms with Crippen molar-refractivity contribution in [1.82, 2.24) is 0 Å². The number of aliphatic hydroxyl groups excluding tert-OH is 1. The molecule has 1 nitrogen and oxygen atoms in total. The Labute approximate surface area is 74.6 Å². The second kappa shape index (κ2) is 2.64. The summed E-state index contributed by atoms with van der Waals surface area (Å²) < 4.78 is 1.24. The third-order valence-electron chi connectivity index (χ3n) is 1.79. The third kappa shape index (κ3) is 1.10. The van der Waals surface area contributed by atoms with Crippen LogP contribution in [0.2, 0.25) is 0 Å². The van der Waals surface area contributed by atoms with Crippen LogP contribution >= 0.6 is 11.3 Å². The lowest BCUT2D eigenvalue weighted by molar-refractivity contribution is 0.514. The maximum absolute atomic E-state index is 9.13. The van der Waals surface area contributed by atoms with E-state index in [4.69, 9.17) is 5.11 Å². The van der Waals surface area contributed by atoms with Gasteiger partial charge in [0, 0.05) is 10.3 Å². The average Bonchev–Trinajstić information content (AvgIpc) is 2.49. The first-order valence-corrected chi connectivity index (χ1v) is 4.51. The van der Waals surface area contributed by atoms with Crippen LogP contribution in [0.5, 0.6) is 0 Å². The number of rotatable bonds is 1. The zero-order valence-corrected chi connectivity index (χ0v) is 7.27. The van der Waals surface area contributed by atoms with E-state index < -0.39 is 0 Å². The minimum atomic E-state index is 0.128. The van der Waals surface area contributed by atoms with E-state index >= 15 is 0 Å². The van der Waals surface area contributed by atoms with E-state index in [0.29, 0.717) is 0 Å². The molecule has 0 amide bonds. The molecular weight excluding hydrogens is 168 g/mol. The highest BCUT2D eigenvalue weighted by Crippen LogP contribution is 2.23. The smallest absolute Gasteiger partial charge is 0.115 e. The van der Waals surface area contributed by atoms with Crippen LogP contribution in [-0.4, -0.2) is 5.11 Å². The van der Waals surface area contributed by atoms with Gasteiger partial charge in [-0.3, -0.25) is 0 Å². The molecule has 0 spiro atoms. The molecule has 12 heavy (non-hydrogen) atoms. The molecule has 0 saturated heterocycles. The molecule has 0 unspecified atom stereocenters. The average molecular weight is 176 g/mol. The standard InChI is InChI=1S/C10H8OS/c1-7(11)8-2-3-10-9(6-8)4-5-12-10/h2-6,11H,1H2. The van der Waals surface area contributed by atoms with Crippen LogP contribution in [0, 0.1) is 0 Å². The molecule has 1 aromatic carbocycles. The van der Waals surface area contributed by atoms with Gasteiger partial charge >= 0.3 is 0 Å². The summed E-state index contributed by atoms with van der Waals surface area (Å²) in [6, 6.07) is 7.85. The second-order valence-electron chi connectivity index (χ2n) is 2.62. The summed E-state index contributed by atoms with van der Waals surface area (Å²) in [5, 5.41) is 12.3. The molecule has 2 heteroatoms. The summed E-state index contributed by atoms with van der Waals surface area (Å²) in [5.74, 6) is 0.128. The van der Waals surface area contributed by atoms with Gasteiger partial charge in [0.1, 0.15) is 5.76 Å². The Morgan fingerprint density at radius 1 is 1.33 bits per heavy atom. The van der Waals surface area contributed by atoms with Crippen molar-refractivity contribution in [3.63, 3.8) is 0 Å². The second-order valence-corrected chi connectivity index (χ2v) is 3.57. The van der Waals surface area contributed by atoms with Crippen molar-refractivity contribution < 1.29 is 5.11 Å².